The summed E-state index contributed by atoms with van der Waals surface area (Å²) in [6.07, 6.45) is 4.84. The third kappa shape index (κ3) is 3.52. The number of rotatable bonds is 4. The van der Waals surface area contributed by atoms with Crippen molar-refractivity contribution in [2.75, 3.05) is 0 Å². The number of nitrogens with zero attached hydrogens (tertiary/aromatic N) is 1. The average molecular weight is 265 g/mol. The molecule has 0 radical (unpaired) electrons. The fourth-order valence-electron chi connectivity index (χ4n) is 1.86. The predicted octanol–water partition coefficient (Wildman–Crippen LogP) is 2.99. The molecule has 18 heavy (non-hydrogen) atoms. The number of hydrogen-bond donors (Lipinski definition) is 1. The maximum atomic E-state index is 13.3. The first kappa shape index (κ1) is 13.0. The SMILES string of the molecule is NC(Cc1ccncc1)Cc1ccc(Cl)c(F)c1. The van der Waals surface area contributed by atoms with Crippen LogP contribution in [0.1, 0.15) is 11.1 Å². The lowest BCUT2D eigenvalue weighted by Crippen LogP contribution is -2.25. The Balaban J connectivity index is 1.99. The van der Waals surface area contributed by atoms with E-state index >= 15 is 0 Å². The summed E-state index contributed by atoms with van der Waals surface area (Å²) in [4.78, 5) is 3.95. The minimum atomic E-state index is -0.398. The molecule has 0 saturated carbocycles. The summed E-state index contributed by atoms with van der Waals surface area (Å²) in [5.74, 6) is -0.398. The summed E-state index contributed by atoms with van der Waals surface area (Å²) in [7, 11) is 0. The Labute approximate surface area is 111 Å². The Bertz CT molecular complexity index is 516. The van der Waals surface area contributed by atoms with Crippen molar-refractivity contribution >= 4 is 11.6 Å². The van der Waals surface area contributed by atoms with Gasteiger partial charge in [0, 0.05) is 18.4 Å². The highest BCUT2D eigenvalue weighted by molar-refractivity contribution is 6.30. The van der Waals surface area contributed by atoms with Crippen LogP contribution in [0, 0.1) is 5.82 Å². The summed E-state index contributed by atoms with van der Waals surface area (Å²) >= 11 is 5.63. The van der Waals surface area contributed by atoms with E-state index < -0.39 is 5.82 Å². The highest BCUT2D eigenvalue weighted by atomic mass is 35.5. The summed E-state index contributed by atoms with van der Waals surface area (Å²) in [5.41, 5.74) is 8.04. The number of halogens is 2. The van der Waals surface area contributed by atoms with Crippen molar-refractivity contribution in [3.05, 3.63) is 64.7 Å². The van der Waals surface area contributed by atoms with Gasteiger partial charge in [0.25, 0.3) is 0 Å². The Hall–Kier alpha value is -1.45. The summed E-state index contributed by atoms with van der Waals surface area (Å²) in [6.45, 7) is 0. The van der Waals surface area contributed by atoms with E-state index in [-0.39, 0.29) is 11.1 Å². The van der Waals surface area contributed by atoms with Crippen LogP contribution < -0.4 is 5.73 Å². The lowest BCUT2D eigenvalue weighted by atomic mass is 10.0. The quantitative estimate of drug-likeness (QED) is 0.922. The molecule has 0 amide bonds. The third-order valence-corrected chi connectivity index (χ3v) is 3.04. The normalized spacial score (nSPS) is 12.4. The van der Waals surface area contributed by atoms with Crippen molar-refractivity contribution in [1.82, 2.24) is 4.98 Å². The van der Waals surface area contributed by atoms with E-state index in [4.69, 9.17) is 17.3 Å². The average Bonchev–Trinajstić information content (AvgIpc) is 2.35. The predicted molar refractivity (Wildman–Crippen MR) is 71.0 cm³/mol. The minimum Gasteiger partial charge on any atom is -0.327 e. The van der Waals surface area contributed by atoms with Crippen LogP contribution in [0.4, 0.5) is 4.39 Å². The largest absolute Gasteiger partial charge is 0.327 e. The standard InChI is InChI=1S/C14H14ClFN2/c15-13-2-1-11(9-14(13)16)8-12(17)7-10-3-5-18-6-4-10/h1-6,9,12H,7-8,17H2. The monoisotopic (exact) mass is 264 g/mol. The molecule has 4 heteroatoms. The first-order valence-electron chi connectivity index (χ1n) is 5.73. The van der Waals surface area contributed by atoms with Crippen LogP contribution in [0.2, 0.25) is 5.02 Å². The molecular weight excluding hydrogens is 251 g/mol. The fourth-order valence-corrected chi connectivity index (χ4v) is 1.98. The first-order chi connectivity index (χ1) is 8.65. The molecule has 1 atom stereocenters. The van der Waals surface area contributed by atoms with Gasteiger partial charge in [-0.15, -0.1) is 0 Å². The fraction of sp³-hybridized carbons (Fsp3) is 0.214. The molecule has 1 unspecified atom stereocenters. The molecule has 0 bridgehead atoms. The molecule has 1 aromatic heterocycles. The second-order valence-electron chi connectivity index (χ2n) is 4.27. The topological polar surface area (TPSA) is 38.9 Å². The molecule has 0 aliphatic rings. The zero-order valence-electron chi connectivity index (χ0n) is 9.81. The molecule has 0 spiro atoms. The number of nitrogens with two attached hydrogens (primary N) is 1. The number of aromatic nitrogens is 1. The van der Waals surface area contributed by atoms with Gasteiger partial charge in [0.05, 0.1) is 5.02 Å². The van der Waals surface area contributed by atoms with Crippen LogP contribution in [-0.4, -0.2) is 11.0 Å². The van der Waals surface area contributed by atoms with Crippen LogP contribution in [0.25, 0.3) is 0 Å². The van der Waals surface area contributed by atoms with Crippen LogP contribution >= 0.6 is 11.6 Å². The maximum absolute atomic E-state index is 13.3. The van der Waals surface area contributed by atoms with Crippen molar-refractivity contribution in [3.8, 4) is 0 Å². The molecule has 0 saturated heterocycles. The third-order valence-electron chi connectivity index (χ3n) is 2.73. The lowest BCUT2D eigenvalue weighted by Gasteiger charge is -2.12. The highest BCUT2D eigenvalue weighted by Gasteiger charge is 2.07. The molecule has 0 aliphatic heterocycles. The van der Waals surface area contributed by atoms with E-state index in [1.54, 1.807) is 24.5 Å². The molecule has 1 heterocycles. The van der Waals surface area contributed by atoms with Crippen molar-refractivity contribution in [2.24, 2.45) is 5.73 Å². The molecular formula is C14H14ClFN2. The van der Waals surface area contributed by atoms with E-state index in [0.717, 1.165) is 17.5 Å². The van der Waals surface area contributed by atoms with Crippen LogP contribution in [-0.2, 0) is 12.8 Å². The smallest absolute Gasteiger partial charge is 0.142 e. The second kappa shape index (κ2) is 5.94. The van der Waals surface area contributed by atoms with E-state index in [9.17, 15) is 4.39 Å². The van der Waals surface area contributed by atoms with Crippen molar-refractivity contribution < 1.29 is 4.39 Å². The number of hydrogen-bond acceptors (Lipinski definition) is 2. The van der Waals surface area contributed by atoms with Crippen LogP contribution in [0.15, 0.2) is 42.7 Å². The molecule has 0 aliphatic carbocycles. The van der Waals surface area contributed by atoms with Gasteiger partial charge in [0.1, 0.15) is 5.82 Å². The molecule has 2 N–H and O–H groups in total. The Morgan fingerprint density at radius 1 is 1.11 bits per heavy atom. The van der Waals surface area contributed by atoms with Crippen molar-refractivity contribution in [3.63, 3.8) is 0 Å². The minimum absolute atomic E-state index is 0.0482. The molecule has 1 aromatic carbocycles. The van der Waals surface area contributed by atoms with Gasteiger partial charge in [-0.25, -0.2) is 4.39 Å². The van der Waals surface area contributed by atoms with Crippen LogP contribution in [0.3, 0.4) is 0 Å². The highest BCUT2D eigenvalue weighted by Crippen LogP contribution is 2.17. The Morgan fingerprint density at radius 2 is 1.78 bits per heavy atom. The van der Waals surface area contributed by atoms with E-state index in [1.807, 2.05) is 12.1 Å². The van der Waals surface area contributed by atoms with Gasteiger partial charge in [-0.05, 0) is 48.2 Å². The van der Waals surface area contributed by atoms with Crippen molar-refractivity contribution in [1.29, 1.82) is 0 Å². The lowest BCUT2D eigenvalue weighted by molar-refractivity contribution is 0.618. The van der Waals surface area contributed by atoms with Crippen molar-refractivity contribution in [2.45, 2.75) is 18.9 Å². The van der Waals surface area contributed by atoms with Gasteiger partial charge >= 0.3 is 0 Å². The first-order valence-corrected chi connectivity index (χ1v) is 6.11. The molecule has 0 fully saturated rings. The maximum Gasteiger partial charge on any atom is 0.142 e. The molecule has 2 aromatic rings. The van der Waals surface area contributed by atoms with Crippen LogP contribution in [0.5, 0.6) is 0 Å². The van der Waals surface area contributed by atoms with Gasteiger partial charge in [0.2, 0.25) is 0 Å². The van der Waals surface area contributed by atoms with Gasteiger partial charge < -0.3 is 5.73 Å². The van der Waals surface area contributed by atoms with Gasteiger partial charge in [-0.1, -0.05) is 17.7 Å². The Kier molecular flexibility index (Phi) is 4.28. The molecule has 2 nitrogen and oxygen atoms in total. The summed E-state index contributed by atoms with van der Waals surface area (Å²) in [5, 5.41) is 0.140. The van der Waals surface area contributed by atoms with Gasteiger partial charge in [-0.3, -0.25) is 4.98 Å². The number of benzene rings is 1. The summed E-state index contributed by atoms with van der Waals surface area (Å²) in [6, 6.07) is 8.62. The van der Waals surface area contributed by atoms with E-state index in [2.05, 4.69) is 4.98 Å². The van der Waals surface area contributed by atoms with Gasteiger partial charge in [0.15, 0.2) is 0 Å². The Morgan fingerprint density at radius 3 is 2.44 bits per heavy atom. The second-order valence-corrected chi connectivity index (χ2v) is 4.68. The zero-order chi connectivity index (χ0) is 13.0. The summed E-state index contributed by atoms with van der Waals surface area (Å²) < 4.78 is 13.3. The van der Waals surface area contributed by atoms with Gasteiger partial charge in [-0.2, -0.15) is 0 Å². The zero-order valence-corrected chi connectivity index (χ0v) is 10.6. The van der Waals surface area contributed by atoms with E-state index in [1.165, 1.54) is 6.07 Å². The molecule has 2 rings (SSSR count). The number of pyridine rings is 1. The van der Waals surface area contributed by atoms with E-state index in [0.29, 0.717) is 6.42 Å². The molecule has 94 valence electrons.